The largest absolute Gasteiger partial charge is 0.497 e. The molecule has 0 saturated heterocycles. The highest BCUT2D eigenvalue weighted by Crippen LogP contribution is 2.14. The van der Waals surface area contributed by atoms with Crippen LogP contribution < -0.4 is 20.7 Å². The van der Waals surface area contributed by atoms with Crippen LogP contribution in [0.4, 0.5) is 11.4 Å². The van der Waals surface area contributed by atoms with Crippen LogP contribution in [0.15, 0.2) is 48.5 Å². The molecule has 30 heavy (non-hydrogen) atoms. The summed E-state index contributed by atoms with van der Waals surface area (Å²) < 4.78 is 10.1. The number of ether oxygens (including phenoxy) is 2. The van der Waals surface area contributed by atoms with Gasteiger partial charge in [0.2, 0.25) is 5.91 Å². The quantitative estimate of drug-likeness (QED) is 0.569. The van der Waals surface area contributed by atoms with Crippen LogP contribution in [0.1, 0.15) is 24.2 Å². The number of rotatable bonds is 8. The fourth-order valence-corrected chi connectivity index (χ4v) is 2.37. The smallest absolute Gasteiger partial charge is 0.326 e. The van der Waals surface area contributed by atoms with Gasteiger partial charge in [-0.3, -0.25) is 19.2 Å². The van der Waals surface area contributed by atoms with Gasteiger partial charge < -0.3 is 25.4 Å². The van der Waals surface area contributed by atoms with Crippen LogP contribution in [0.5, 0.6) is 5.75 Å². The van der Waals surface area contributed by atoms with Crippen molar-refractivity contribution >= 4 is 35.1 Å². The average Bonchev–Trinajstić information content (AvgIpc) is 2.73. The normalized spacial score (nSPS) is 11.0. The molecular formula is C21H23N3O6. The first-order valence-electron chi connectivity index (χ1n) is 9.08. The van der Waals surface area contributed by atoms with E-state index in [0.717, 1.165) is 0 Å². The van der Waals surface area contributed by atoms with E-state index in [2.05, 4.69) is 16.0 Å². The molecule has 0 aromatic heterocycles. The Morgan fingerprint density at radius 2 is 1.47 bits per heavy atom. The predicted molar refractivity (Wildman–Crippen MR) is 110 cm³/mol. The summed E-state index contributed by atoms with van der Waals surface area (Å²) in [7, 11) is 1.52. The number of hydrogen-bond acceptors (Lipinski definition) is 6. The van der Waals surface area contributed by atoms with Crippen molar-refractivity contribution in [2.45, 2.75) is 20.0 Å². The first-order valence-corrected chi connectivity index (χ1v) is 9.08. The Morgan fingerprint density at radius 1 is 0.900 bits per heavy atom. The highest BCUT2D eigenvalue weighted by atomic mass is 16.5. The number of carbonyl (C=O) groups is 4. The maximum absolute atomic E-state index is 12.2. The van der Waals surface area contributed by atoms with E-state index in [0.29, 0.717) is 22.7 Å². The number of hydrogen-bond donors (Lipinski definition) is 3. The first-order chi connectivity index (χ1) is 14.3. The Hall–Kier alpha value is -3.88. The van der Waals surface area contributed by atoms with E-state index in [4.69, 9.17) is 9.47 Å². The minimum Gasteiger partial charge on any atom is -0.497 e. The van der Waals surface area contributed by atoms with Gasteiger partial charge in [-0.1, -0.05) is 0 Å². The van der Waals surface area contributed by atoms with Crippen LogP contribution in [-0.2, 0) is 19.1 Å². The minimum atomic E-state index is -1.06. The number of carbonyl (C=O) groups excluding carboxylic acids is 4. The number of esters is 1. The summed E-state index contributed by atoms with van der Waals surface area (Å²) in [5, 5.41) is 7.65. The van der Waals surface area contributed by atoms with Gasteiger partial charge in [0.1, 0.15) is 12.3 Å². The van der Waals surface area contributed by atoms with Gasteiger partial charge in [-0.15, -0.1) is 0 Å². The van der Waals surface area contributed by atoms with E-state index < -0.39 is 23.9 Å². The fourth-order valence-electron chi connectivity index (χ4n) is 2.37. The minimum absolute atomic E-state index is 0.202. The van der Waals surface area contributed by atoms with Crippen LogP contribution >= 0.6 is 0 Å². The van der Waals surface area contributed by atoms with Crippen molar-refractivity contribution in [1.29, 1.82) is 0 Å². The number of methoxy groups -OCH3 is 1. The summed E-state index contributed by atoms with van der Waals surface area (Å²) in [5.74, 6) is -1.33. The summed E-state index contributed by atoms with van der Waals surface area (Å²) in [6.07, 6.45) is -1.06. The lowest BCUT2D eigenvalue weighted by Crippen LogP contribution is -2.35. The molecule has 2 aromatic carbocycles. The van der Waals surface area contributed by atoms with E-state index in [9.17, 15) is 19.2 Å². The molecule has 0 unspecified atom stereocenters. The lowest BCUT2D eigenvalue weighted by atomic mass is 10.2. The third-order valence-electron chi connectivity index (χ3n) is 3.90. The van der Waals surface area contributed by atoms with Gasteiger partial charge in [0.05, 0.1) is 7.11 Å². The molecule has 1 atom stereocenters. The summed E-state index contributed by atoms with van der Waals surface area (Å²) in [6.45, 7) is 2.43. The Labute approximate surface area is 173 Å². The molecule has 2 aromatic rings. The van der Waals surface area contributed by atoms with Crippen molar-refractivity contribution < 1.29 is 28.7 Å². The first kappa shape index (κ1) is 22.4. The molecule has 0 bridgehead atoms. The SMILES string of the molecule is COc1ccc(C(=O)NCC(=O)O[C@@H](C)C(=O)Nc2ccc(NC(C)=O)cc2)cc1. The second kappa shape index (κ2) is 10.6. The third-order valence-corrected chi connectivity index (χ3v) is 3.90. The van der Waals surface area contributed by atoms with Crippen LogP contribution in [0, 0.1) is 0 Å². The Morgan fingerprint density at radius 3 is 2.00 bits per heavy atom. The van der Waals surface area contributed by atoms with Crippen LogP contribution in [0.25, 0.3) is 0 Å². The maximum atomic E-state index is 12.2. The van der Waals surface area contributed by atoms with Crippen LogP contribution in [-0.4, -0.2) is 43.4 Å². The van der Waals surface area contributed by atoms with Gasteiger partial charge in [0.25, 0.3) is 11.8 Å². The number of nitrogens with one attached hydrogen (secondary N) is 3. The molecular weight excluding hydrogens is 390 g/mol. The maximum Gasteiger partial charge on any atom is 0.326 e. The third kappa shape index (κ3) is 6.93. The van der Waals surface area contributed by atoms with Crippen molar-refractivity contribution in [3.8, 4) is 5.75 Å². The van der Waals surface area contributed by atoms with Crippen molar-refractivity contribution in [3.05, 3.63) is 54.1 Å². The monoisotopic (exact) mass is 413 g/mol. The lowest BCUT2D eigenvalue weighted by molar-refractivity contribution is -0.152. The Balaban J connectivity index is 1.79. The van der Waals surface area contributed by atoms with Crippen molar-refractivity contribution in [2.24, 2.45) is 0 Å². The number of anilines is 2. The molecule has 0 spiro atoms. The van der Waals surface area contributed by atoms with E-state index in [1.165, 1.54) is 21.0 Å². The van der Waals surface area contributed by atoms with E-state index in [-0.39, 0.29) is 12.5 Å². The van der Waals surface area contributed by atoms with Crippen LogP contribution in [0.3, 0.4) is 0 Å². The number of benzene rings is 2. The lowest BCUT2D eigenvalue weighted by Gasteiger charge is -2.14. The molecule has 0 saturated carbocycles. The van der Waals surface area contributed by atoms with Crippen molar-refractivity contribution in [3.63, 3.8) is 0 Å². The van der Waals surface area contributed by atoms with Gasteiger partial charge >= 0.3 is 5.97 Å². The van der Waals surface area contributed by atoms with Crippen LogP contribution in [0.2, 0.25) is 0 Å². The summed E-state index contributed by atoms with van der Waals surface area (Å²) in [6, 6.07) is 12.8. The second-order valence-corrected chi connectivity index (χ2v) is 6.29. The van der Waals surface area contributed by atoms with E-state index in [1.54, 1.807) is 48.5 Å². The molecule has 3 N–H and O–H groups in total. The molecule has 2 rings (SSSR count). The summed E-state index contributed by atoms with van der Waals surface area (Å²) in [5.41, 5.74) is 1.43. The van der Waals surface area contributed by atoms with Gasteiger partial charge in [0, 0.05) is 23.9 Å². The zero-order chi connectivity index (χ0) is 22.1. The molecule has 0 aliphatic rings. The van der Waals surface area contributed by atoms with E-state index in [1.807, 2.05) is 0 Å². The molecule has 158 valence electrons. The highest BCUT2D eigenvalue weighted by molar-refractivity contribution is 5.97. The predicted octanol–water partition coefficient (Wildman–Crippen LogP) is 1.95. The molecule has 0 aliphatic carbocycles. The van der Waals surface area contributed by atoms with E-state index >= 15 is 0 Å². The van der Waals surface area contributed by atoms with Gasteiger partial charge in [0.15, 0.2) is 6.10 Å². The van der Waals surface area contributed by atoms with Crippen molar-refractivity contribution in [2.75, 3.05) is 24.3 Å². The molecule has 9 heteroatoms. The summed E-state index contributed by atoms with van der Waals surface area (Å²) in [4.78, 5) is 47.1. The second-order valence-electron chi connectivity index (χ2n) is 6.29. The molecule has 0 fully saturated rings. The molecule has 0 heterocycles. The van der Waals surface area contributed by atoms with Gasteiger partial charge in [-0.05, 0) is 55.5 Å². The summed E-state index contributed by atoms with van der Waals surface area (Å²) >= 11 is 0. The average molecular weight is 413 g/mol. The van der Waals surface area contributed by atoms with Gasteiger partial charge in [-0.25, -0.2) is 0 Å². The topological polar surface area (TPSA) is 123 Å². The number of amides is 3. The van der Waals surface area contributed by atoms with Gasteiger partial charge in [-0.2, -0.15) is 0 Å². The Kier molecular flexibility index (Phi) is 7.92. The standard InChI is InChI=1S/C21H23N3O6/c1-13(20(27)24-17-8-6-16(7-9-17)23-14(2)25)30-19(26)12-22-21(28)15-4-10-18(29-3)11-5-15/h4-11,13H,12H2,1-3H3,(H,22,28)(H,23,25)(H,24,27)/t13-/m0/s1. The highest BCUT2D eigenvalue weighted by Gasteiger charge is 2.18. The fraction of sp³-hybridized carbons (Fsp3) is 0.238. The molecule has 9 nitrogen and oxygen atoms in total. The molecule has 0 radical (unpaired) electrons. The zero-order valence-corrected chi connectivity index (χ0v) is 16.9. The molecule has 3 amide bonds. The Bertz CT molecular complexity index is 909. The zero-order valence-electron chi connectivity index (χ0n) is 16.9. The molecule has 0 aliphatic heterocycles. The van der Waals surface area contributed by atoms with Crippen molar-refractivity contribution in [1.82, 2.24) is 5.32 Å².